The Morgan fingerprint density at radius 1 is 1.26 bits per heavy atom. The topological polar surface area (TPSA) is 66.4 Å². The average Bonchev–Trinajstić information content (AvgIpc) is 2.39. The fraction of sp³-hybridized carbons (Fsp3) is 0.467. The van der Waals surface area contributed by atoms with E-state index in [4.69, 9.17) is 0 Å². The Hall–Kier alpha value is -1.84. The molecule has 0 aliphatic heterocycles. The fourth-order valence-electron chi connectivity index (χ4n) is 1.93. The molecule has 1 aromatic carbocycles. The Morgan fingerprint density at radius 3 is 2.42 bits per heavy atom. The highest BCUT2D eigenvalue weighted by Gasteiger charge is 2.22. The van der Waals surface area contributed by atoms with Crippen molar-refractivity contribution >= 4 is 11.9 Å². The van der Waals surface area contributed by atoms with E-state index in [1.807, 2.05) is 44.2 Å². The van der Waals surface area contributed by atoms with Gasteiger partial charge in [-0.2, -0.15) is 0 Å². The van der Waals surface area contributed by atoms with Crippen LogP contribution in [0.15, 0.2) is 30.3 Å². The molecule has 104 valence electrons. The molecule has 0 aliphatic rings. The molecular weight excluding hydrogens is 242 g/mol. The SMILES string of the molecule is CCCC(C)C(=O)N[C@H](Cc1ccccc1)C(=O)O. The van der Waals surface area contributed by atoms with Gasteiger partial charge in [-0.1, -0.05) is 50.6 Å². The number of carbonyl (C=O) groups is 2. The molecule has 0 aliphatic carbocycles. The second-order valence-electron chi connectivity index (χ2n) is 4.78. The Labute approximate surface area is 113 Å². The summed E-state index contributed by atoms with van der Waals surface area (Å²) < 4.78 is 0. The first-order valence-electron chi connectivity index (χ1n) is 6.61. The number of carboxylic acid groups (broad SMARTS) is 1. The molecule has 0 radical (unpaired) electrons. The number of rotatable bonds is 7. The molecule has 0 heterocycles. The fourth-order valence-corrected chi connectivity index (χ4v) is 1.93. The van der Waals surface area contributed by atoms with Crippen LogP contribution in [0.4, 0.5) is 0 Å². The van der Waals surface area contributed by atoms with Crippen LogP contribution in [0.1, 0.15) is 32.3 Å². The summed E-state index contributed by atoms with van der Waals surface area (Å²) in [6.45, 7) is 3.82. The molecule has 0 saturated heterocycles. The van der Waals surface area contributed by atoms with Crippen LogP contribution >= 0.6 is 0 Å². The Morgan fingerprint density at radius 2 is 1.89 bits per heavy atom. The lowest BCUT2D eigenvalue weighted by Crippen LogP contribution is -2.44. The largest absolute Gasteiger partial charge is 0.480 e. The van der Waals surface area contributed by atoms with Crippen LogP contribution in [-0.4, -0.2) is 23.0 Å². The van der Waals surface area contributed by atoms with Gasteiger partial charge in [0.1, 0.15) is 6.04 Å². The zero-order valence-electron chi connectivity index (χ0n) is 11.4. The first kappa shape index (κ1) is 15.2. The van der Waals surface area contributed by atoms with Crippen molar-refractivity contribution in [2.75, 3.05) is 0 Å². The van der Waals surface area contributed by atoms with Gasteiger partial charge in [-0.15, -0.1) is 0 Å². The van der Waals surface area contributed by atoms with Crippen molar-refractivity contribution in [3.8, 4) is 0 Å². The molecule has 0 aromatic heterocycles. The molecule has 0 saturated carbocycles. The predicted molar refractivity (Wildman–Crippen MR) is 73.8 cm³/mol. The number of hydrogen-bond acceptors (Lipinski definition) is 2. The molecule has 2 N–H and O–H groups in total. The summed E-state index contributed by atoms with van der Waals surface area (Å²) in [5.74, 6) is -1.34. The summed E-state index contributed by atoms with van der Waals surface area (Å²) in [4.78, 5) is 23.1. The molecule has 4 nitrogen and oxygen atoms in total. The number of carbonyl (C=O) groups excluding carboxylic acids is 1. The van der Waals surface area contributed by atoms with Crippen LogP contribution in [0, 0.1) is 5.92 Å². The number of amides is 1. The third-order valence-electron chi connectivity index (χ3n) is 3.07. The van der Waals surface area contributed by atoms with Crippen molar-refractivity contribution in [2.24, 2.45) is 5.92 Å². The smallest absolute Gasteiger partial charge is 0.326 e. The van der Waals surface area contributed by atoms with Crippen molar-refractivity contribution in [1.29, 1.82) is 0 Å². The van der Waals surface area contributed by atoms with Gasteiger partial charge < -0.3 is 10.4 Å². The molecule has 0 spiro atoms. The van der Waals surface area contributed by atoms with E-state index in [9.17, 15) is 14.7 Å². The zero-order valence-corrected chi connectivity index (χ0v) is 11.4. The van der Waals surface area contributed by atoms with Gasteiger partial charge in [0, 0.05) is 12.3 Å². The summed E-state index contributed by atoms with van der Waals surface area (Å²) in [5.41, 5.74) is 0.901. The van der Waals surface area contributed by atoms with Crippen LogP contribution < -0.4 is 5.32 Å². The lowest BCUT2D eigenvalue weighted by molar-refractivity contribution is -0.142. The highest BCUT2D eigenvalue weighted by atomic mass is 16.4. The summed E-state index contributed by atoms with van der Waals surface area (Å²) in [6.07, 6.45) is 1.98. The quantitative estimate of drug-likeness (QED) is 0.792. The van der Waals surface area contributed by atoms with Crippen molar-refractivity contribution in [2.45, 2.75) is 39.2 Å². The van der Waals surface area contributed by atoms with Gasteiger partial charge in [0.2, 0.25) is 5.91 Å². The molecule has 2 atom stereocenters. The second-order valence-corrected chi connectivity index (χ2v) is 4.78. The van der Waals surface area contributed by atoms with Crippen molar-refractivity contribution in [1.82, 2.24) is 5.32 Å². The van der Waals surface area contributed by atoms with Gasteiger partial charge >= 0.3 is 5.97 Å². The second kappa shape index (κ2) is 7.56. The minimum absolute atomic E-state index is 0.150. The molecule has 1 amide bonds. The minimum Gasteiger partial charge on any atom is -0.480 e. The predicted octanol–water partition coefficient (Wildman–Crippen LogP) is 2.23. The summed E-state index contributed by atoms with van der Waals surface area (Å²) in [5, 5.41) is 11.8. The summed E-state index contributed by atoms with van der Waals surface area (Å²) in [6, 6.07) is 8.44. The Balaban J connectivity index is 2.64. The van der Waals surface area contributed by atoms with Crippen LogP contribution in [-0.2, 0) is 16.0 Å². The number of nitrogens with one attached hydrogen (secondary N) is 1. The van der Waals surface area contributed by atoms with Gasteiger partial charge in [0.25, 0.3) is 0 Å². The average molecular weight is 263 g/mol. The van der Waals surface area contributed by atoms with Crippen LogP contribution in [0.5, 0.6) is 0 Å². The lowest BCUT2D eigenvalue weighted by atomic mass is 10.0. The summed E-state index contributed by atoms with van der Waals surface area (Å²) in [7, 11) is 0. The highest BCUT2D eigenvalue weighted by Crippen LogP contribution is 2.08. The van der Waals surface area contributed by atoms with Crippen molar-refractivity contribution < 1.29 is 14.7 Å². The van der Waals surface area contributed by atoms with E-state index < -0.39 is 12.0 Å². The van der Waals surface area contributed by atoms with Crippen LogP contribution in [0.25, 0.3) is 0 Å². The summed E-state index contributed by atoms with van der Waals surface area (Å²) >= 11 is 0. The van der Waals surface area contributed by atoms with Gasteiger partial charge in [-0.05, 0) is 12.0 Å². The normalized spacial score (nSPS) is 13.6. The van der Waals surface area contributed by atoms with E-state index in [1.165, 1.54) is 0 Å². The molecule has 1 aromatic rings. The lowest BCUT2D eigenvalue weighted by Gasteiger charge is -2.17. The van der Waals surface area contributed by atoms with Crippen molar-refractivity contribution in [3.63, 3.8) is 0 Å². The van der Waals surface area contributed by atoms with E-state index in [1.54, 1.807) is 0 Å². The molecule has 0 bridgehead atoms. The third kappa shape index (κ3) is 5.12. The van der Waals surface area contributed by atoms with Crippen LogP contribution in [0.3, 0.4) is 0 Å². The molecule has 0 fully saturated rings. The number of carboxylic acids is 1. The van der Waals surface area contributed by atoms with E-state index in [0.717, 1.165) is 18.4 Å². The molecule has 1 rings (SSSR count). The Bertz CT molecular complexity index is 417. The maximum absolute atomic E-state index is 11.9. The van der Waals surface area contributed by atoms with Gasteiger partial charge in [-0.3, -0.25) is 4.79 Å². The van der Waals surface area contributed by atoms with Crippen molar-refractivity contribution in [3.05, 3.63) is 35.9 Å². The molecule has 4 heteroatoms. The minimum atomic E-state index is -0.999. The third-order valence-corrected chi connectivity index (χ3v) is 3.07. The van der Waals surface area contributed by atoms with E-state index >= 15 is 0 Å². The highest BCUT2D eigenvalue weighted by molar-refractivity contribution is 5.84. The van der Waals surface area contributed by atoms with Gasteiger partial charge in [-0.25, -0.2) is 4.79 Å². The molecule has 19 heavy (non-hydrogen) atoms. The first-order chi connectivity index (χ1) is 9.04. The molecular formula is C15H21NO3. The number of benzene rings is 1. The maximum atomic E-state index is 11.9. The van der Waals surface area contributed by atoms with E-state index in [2.05, 4.69) is 5.32 Å². The monoisotopic (exact) mass is 263 g/mol. The molecule has 1 unspecified atom stereocenters. The first-order valence-corrected chi connectivity index (χ1v) is 6.61. The van der Waals surface area contributed by atoms with E-state index in [-0.39, 0.29) is 11.8 Å². The van der Waals surface area contributed by atoms with E-state index in [0.29, 0.717) is 6.42 Å². The van der Waals surface area contributed by atoms with Gasteiger partial charge in [0.05, 0.1) is 0 Å². The van der Waals surface area contributed by atoms with Crippen LogP contribution in [0.2, 0.25) is 0 Å². The number of hydrogen-bond donors (Lipinski definition) is 2. The van der Waals surface area contributed by atoms with Gasteiger partial charge in [0.15, 0.2) is 0 Å². The number of aliphatic carboxylic acids is 1. The zero-order chi connectivity index (χ0) is 14.3. The Kier molecular flexibility index (Phi) is 6.06. The standard InChI is InChI=1S/C15H21NO3/c1-3-7-11(2)14(17)16-13(15(18)19)10-12-8-5-4-6-9-12/h4-6,8-9,11,13H,3,7,10H2,1-2H3,(H,16,17)(H,18,19)/t11?,13-/m1/s1. The maximum Gasteiger partial charge on any atom is 0.326 e.